The van der Waals surface area contributed by atoms with Crippen LogP contribution < -0.4 is 24.8 Å². The predicted molar refractivity (Wildman–Crippen MR) is 109 cm³/mol. The van der Waals surface area contributed by atoms with Gasteiger partial charge in [-0.15, -0.1) is 0 Å². The number of rotatable bonds is 8. The summed E-state index contributed by atoms with van der Waals surface area (Å²) in [5, 5.41) is 6.90. The van der Waals surface area contributed by atoms with Crippen LogP contribution in [0.25, 0.3) is 0 Å². The van der Waals surface area contributed by atoms with Crippen molar-refractivity contribution in [3.63, 3.8) is 0 Å². The first kappa shape index (κ1) is 19.8. The molecule has 0 aliphatic carbocycles. The topological polar surface area (TPSA) is 51.8 Å². The molecule has 0 radical (unpaired) electrons. The lowest BCUT2D eigenvalue weighted by molar-refractivity contribution is 0.230. The van der Waals surface area contributed by atoms with E-state index >= 15 is 0 Å². The molecule has 26 heavy (non-hydrogen) atoms. The first-order valence-electron chi connectivity index (χ1n) is 8.63. The average molecular weight is 375 g/mol. The Labute approximate surface area is 160 Å². The molecule has 0 saturated heterocycles. The van der Waals surface area contributed by atoms with Crippen LogP contribution in [0.2, 0.25) is 0 Å². The van der Waals surface area contributed by atoms with E-state index in [0.29, 0.717) is 24.0 Å². The maximum Gasteiger partial charge on any atom is 0.171 e. The fourth-order valence-electron chi connectivity index (χ4n) is 2.33. The summed E-state index contributed by atoms with van der Waals surface area (Å²) in [7, 11) is 1.64. The van der Waals surface area contributed by atoms with E-state index in [4.69, 9.17) is 26.4 Å². The van der Waals surface area contributed by atoms with Gasteiger partial charge in [-0.1, -0.05) is 6.07 Å². The van der Waals surface area contributed by atoms with E-state index in [1.165, 1.54) is 0 Å². The molecule has 0 spiro atoms. The number of hydrogen-bond acceptors (Lipinski definition) is 4. The van der Waals surface area contributed by atoms with Gasteiger partial charge in [0.1, 0.15) is 5.75 Å². The molecule has 0 heterocycles. The van der Waals surface area contributed by atoms with Crippen LogP contribution >= 0.6 is 12.2 Å². The minimum atomic E-state index is 0.0961. The minimum Gasteiger partial charge on any atom is -0.494 e. The zero-order valence-electron chi connectivity index (χ0n) is 15.7. The number of thiocarbonyl (C=S) groups is 1. The number of hydrogen-bond donors (Lipinski definition) is 2. The summed E-state index contributed by atoms with van der Waals surface area (Å²) in [6, 6.07) is 13.5. The van der Waals surface area contributed by atoms with Crippen molar-refractivity contribution >= 4 is 23.0 Å². The third kappa shape index (κ3) is 6.11. The van der Waals surface area contributed by atoms with E-state index in [-0.39, 0.29) is 6.10 Å². The van der Waals surface area contributed by atoms with E-state index in [1.54, 1.807) is 7.11 Å². The van der Waals surface area contributed by atoms with Crippen LogP contribution in [0.1, 0.15) is 26.3 Å². The quantitative estimate of drug-likeness (QED) is 0.669. The van der Waals surface area contributed by atoms with Gasteiger partial charge in [0, 0.05) is 12.2 Å². The highest BCUT2D eigenvalue weighted by molar-refractivity contribution is 7.80. The summed E-state index contributed by atoms with van der Waals surface area (Å²) in [5.74, 6) is 2.29. The average Bonchev–Trinajstić information content (AvgIpc) is 2.62. The van der Waals surface area contributed by atoms with Crippen LogP contribution in [-0.4, -0.2) is 24.9 Å². The van der Waals surface area contributed by atoms with Crippen molar-refractivity contribution in [3.05, 3.63) is 48.0 Å². The summed E-state index contributed by atoms with van der Waals surface area (Å²) in [4.78, 5) is 0. The Morgan fingerprint density at radius 2 is 1.81 bits per heavy atom. The van der Waals surface area contributed by atoms with E-state index in [2.05, 4.69) is 10.6 Å². The summed E-state index contributed by atoms with van der Waals surface area (Å²) in [6.45, 7) is 7.17. The predicted octanol–water partition coefficient (Wildman–Crippen LogP) is 4.37. The summed E-state index contributed by atoms with van der Waals surface area (Å²) in [6.07, 6.45) is 0.0961. The largest absolute Gasteiger partial charge is 0.494 e. The van der Waals surface area contributed by atoms with Gasteiger partial charge >= 0.3 is 0 Å². The van der Waals surface area contributed by atoms with Crippen molar-refractivity contribution in [2.75, 3.05) is 19.0 Å². The highest BCUT2D eigenvalue weighted by Crippen LogP contribution is 2.29. The van der Waals surface area contributed by atoms with Gasteiger partial charge < -0.3 is 24.8 Å². The van der Waals surface area contributed by atoms with Gasteiger partial charge in [-0.2, -0.15) is 0 Å². The van der Waals surface area contributed by atoms with Gasteiger partial charge in [0.15, 0.2) is 16.6 Å². The molecule has 0 unspecified atom stereocenters. The summed E-state index contributed by atoms with van der Waals surface area (Å²) < 4.78 is 16.6. The van der Waals surface area contributed by atoms with Gasteiger partial charge in [-0.25, -0.2) is 0 Å². The molecule has 6 heteroatoms. The third-order valence-electron chi connectivity index (χ3n) is 3.47. The molecule has 0 saturated carbocycles. The lowest BCUT2D eigenvalue weighted by Gasteiger charge is -2.15. The minimum absolute atomic E-state index is 0.0961. The number of methoxy groups -OCH3 is 1. The number of nitrogens with one attached hydrogen (secondary N) is 2. The fraction of sp³-hybridized carbons (Fsp3) is 0.350. The van der Waals surface area contributed by atoms with E-state index in [0.717, 1.165) is 22.7 Å². The van der Waals surface area contributed by atoms with Crippen LogP contribution in [0.4, 0.5) is 5.69 Å². The molecule has 5 nitrogen and oxygen atoms in total. The summed E-state index contributed by atoms with van der Waals surface area (Å²) >= 11 is 5.35. The molecule has 0 aliphatic heterocycles. The lowest BCUT2D eigenvalue weighted by Crippen LogP contribution is -2.27. The molecular weight excluding hydrogens is 348 g/mol. The van der Waals surface area contributed by atoms with Crippen molar-refractivity contribution in [2.24, 2.45) is 0 Å². The van der Waals surface area contributed by atoms with Crippen LogP contribution in [0.15, 0.2) is 42.5 Å². The summed E-state index contributed by atoms with van der Waals surface area (Å²) in [5.41, 5.74) is 1.96. The van der Waals surface area contributed by atoms with Gasteiger partial charge in [0.2, 0.25) is 0 Å². The van der Waals surface area contributed by atoms with E-state index < -0.39 is 0 Å². The molecule has 0 aromatic heterocycles. The van der Waals surface area contributed by atoms with Gasteiger partial charge in [-0.05, 0) is 75.0 Å². The normalized spacial score (nSPS) is 10.3. The number of benzene rings is 2. The van der Waals surface area contributed by atoms with Crippen molar-refractivity contribution in [3.8, 4) is 17.2 Å². The third-order valence-corrected chi connectivity index (χ3v) is 3.71. The maximum absolute atomic E-state index is 5.73. The Balaban J connectivity index is 1.90. The molecule has 0 bridgehead atoms. The SMILES string of the molecule is CCOc1ccc(NC(=S)NCc2ccc(OC(C)C)c(OC)c2)cc1. The van der Waals surface area contributed by atoms with Crippen molar-refractivity contribution < 1.29 is 14.2 Å². The molecule has 2 rings (SSSR count). The van der Waals surface area contributed by atoms with Crippen LogP contribution in [0.3, 0.4) is 0 Å². The van der Waals surface area contributed by atoms with Crippen molar-refractivity contribution in [1.29, 1.82) is 0 Å². The molecule has 2 N–H and O–H groups in total. The van der Waals surface area contributed by atoms with Gasteiger partial charge in [0.05, 0.1) is 19.8 Å². The Bertz CT molecular complexity index is 717. The van der Waals surface area contributed by atoms with Gasteiger partial charge in [0.25, 0.3) is 0 Å². The highest BCUT2D eigenvalue weighted by Gasteiger charge is 2.08. The molecule has 140 valence electrons. The van der Waals surface area contributed by atoms with Crippen LogP contribution in [0, 0.1) is 0 Å². The van der Waals surface area contributed by atoms with Crippen LogP contribution in [-0.2, 0) is 6.54 Å². The van der Waals surface area contributed by atoms with Crippen molar-refractivity contribution in [1.82, 2.24) is 5.32 Å². The zero-order valence-corrected chi connectivity index (χ0v) is 16.5. The van der Waals surface area contributed by atoms with Crippen LogP contribution in [0.5, 0.6) is 17.2 Å². The second-order valence-electron chi connectivity index (χ2n) is 5.92. The number of ether oxygens (including phenoxy) is 3. The second-order valence-corrected chi connectivity index (χ2v) is 6.33. The van der Waals surface area contributed by atoms with Gasteiger partial charge in [-0.3, -0.25) is 0 Å². The maximum atomic E-state index is 5.73. The molecule has 0 amide bonds. The monoisotopic (exact) mass is 374 g/mol. The second kappa shape index (κ2) is 9.87. The highest BCUT2D eigenvalue weighted by atomic mass is 32.1. The molecule has 2 aromatic rings. The smallest absolute Gasteiger partial charge is 0.171 e. The Hall–Kier alpha value is -2.47. The Morgan fingerprint density at radius 1 is 1.08 bits per heavy atom. The van der Waals surface area contributed by atoms with E-state index in [9.17, 15) is 0 Å². The fourth-order valence-corrected chi connectivity index (χ4v) is 2.52. The molecule has 0 atom stereocenters. The zero-order chi connectivity index (χ0) is 18.9. The lowest BCUT2D eigenvalue weighted by atomic mass is 10.2. The molecule has 0 aliphatic rings. The number of anilines is 1. The molecule has 0 fully saturated rings. The first-order valence-corrected chi connectivity index (χ1v) is 9.04. The van der Waals surface area contributed by atoms with Crippen molar-refractivity contribution in [2.45, 2.75) is 33.4 Å². The standard InChI is InChI=1S/C20H26N2O3S/c1-5-24-17-9-7-16(8-10-17)22-20(26)21-13-15-6-11-18(25-14(2)3)19(12-15)23-4/h6-12,14H,5,13H2,1-4H3,(H2,21,22,26). The molecular formula is C20H26N2O3S. The van der Waals surface area contributed by atoms with E-state index in [1.807, 2.05) is 63.2 Å². The molecule has 2 aromatic carbocycles. The Kier molecular flexibility index (Phi) is 7.53. The first-order chi connectivity index (χ1) is 12.5. The Morgan fingerprint density at radius 3 is 2.42 bits per heavy atom.